The van der Waals surface area contributed by atoms with Gasteiger partial charge in [0.2, 0.25) is 0 Å². The number of carbonyl (C=O) groups excluding carboxylic acids is 2. The van der Waals surface area contributed by atoms with Gasteiger partial charge in [-0.2, -0.15) is 0 Å². The standard InChI is InChI=1S/C13H18N2O3/c1-8-7-10(5-6-11(8)14)13(17)18-9(2)12(16)15(3)4/h5-7,9H,14H2,1-4H3. The van der Waals surface area contributed by atoms with Crippen molar-refractivity contribution in [2.45, 2.75) is 20.0 Å². The Kier molecular flexibility index (Phi) is 4.31. The minimum atomic E-state index is -0.801. The summed E-state index contributed by atoms with van der Waals surface area (Å²) in [6.07, 6.45) is -0.801. The summed E-state index contributed by atoms with van der Waals surface area (Å²) in [4.78, 5) is 24.8. The van der Waals surface area contributed by atoms with E-state index in [0.29, 0.717) is 11.3 Å². The maximum Gasteiger partial charge on any atom is 0.338 e. The molecule has 0 radical (unpaired) electrons. The lowest BCUT2D eigenvalue weighted by Crippen LogP contribution is -2.34. The van der Waals surface area contributed by atoms with Crippen molar-refractivity contribution < 1.29 is 14.3 Å². The molecule has 0 fully saturated rings. The van der Waals surface area contributed by atoms with Crippen LogP contribution in [0.1, 0.15) is 22.8 Å². The highest BCUT2D eigenvalue weighted by molar-refractivity contribution is 5.92. The summed E-state index contributed by atoms with van der Waals surface area (Å²) in [5.41, 5.74) is 7.47. The highest BCUT2D eigenvalue weighted by atomic mass is 16.5. The van der Waals surface area contributed by atoms with Gasteiger partial charge < -0.3 is 15.4 Å². The van der Waals surface area contributed by atoms with E-state index in [1.54, 1.807) is 46.1 Å². The molecule has 1 rings (SSSR count). The molecule has 0 bridgehead atoms. The zero-order valence-electron chi connectivity index (χ0n) is 11.1. The number of benzene rings is 1. The van der Waals surface area contributed by atoms with E-state index in [2.05, 4.69) is 0 Å². The average molecular weight is 250 g/mol. The van der Waals surface area contributed by atoms with E-state index in [1.807, 2.05) is 0 Å². The van der Waals surface area contributed by atoms with E-state index in [-0.39, 0.29) is 5.91 Å². The topological polar surface area (TPSA) is 72.6 Å². The van der Waals surface area contributed by atoms with Crippen molar-refractivity contribution in [2.24, 2.45) is 0 Å². The first-order chi connectivity index (χ1) is 8.32. The molecular weight excluding hydrogens is 232 g/mol. The first-order valence-corrected chi connectivity index (χ1v) is 5.61. The van der Waals surface area contributed by atoms with Crippen LogP contribution in [0.25, 0.3) is 0 Å². The maximum absolute atomic E-state index is 11.8. The number of carbonyl (C=O) groups is 2. The van der Waals surface area contributed by atoms with Crippen LogP contribution in [0.15, 0.2) is 18.2 Å². The fourth-order valence-corrected chi connectivity index (χ4v) is 1.45. The van der Waals surface area contributed by atoms with Gasteiger partial charge in [-0.15, -0.1) is 0 Å². The summed E-state index contributed by atoms with van der Waals surface area (Å²) in [5, 5.41) is 0. The number of nitrogens with two attached hydrogens (primary N) is 1. The molecule has 1 amide bonds. The van der Waals surface area contributed by atoms with Crippen LogP contribution in [-0.4, -0.2) is 37.0 Å². The van der Waals surface area contributed by atoms with Crippen LogP contribution in [0, 0.1) is 6.92 Å². The van der Waals surface area contributed by atoms with Gasteiger partial charge in [-0.25, -0.2) is 4.79 Å². The van der Waals surface area contributed by atoms with Crippen molar-refractivity contribution in [1.29, 1.82) is 0 Å². The van der Waals surface area contributed by atoms with Crippen LogP contribution in [0.4, 0.5) is 5.69 Å². The number of likely N-dealkylation sites (N-methyl/N-ethyl adjacent to an activating group) is 1. The molecule has 18 heavy (non-hydrogen) atoms. The molecule has 0 spiro atoms. The van der Waals surface area contributed by atoms with E-state index in [1.165, 1.54) is 4.90 Å². The molecule has 0 aliphatic carbocycles. The van der Waals surface area contributed by atoms with Crippen LogP contribution in [0.5, 0.6) is 0 Å². The molecule has 0 aromatic heterocycles. The smallest absolute Gasteiger partial charge is 0.338 e. The summed E-state index contributed by atoms with van der Waals surface area (Å²) < 4.78 is 5.08. The quantitative estimate of drug-likeness (QED) is 0.646. The van der Waals surface area contributed by atoms with E-state index in [9.17, 15) is 9.59 Å². The van der Waals surface area contributed by atoms with Gasteiger partial charge in [0.25, 0.3) is 5.91 Å². The van der Waals surface area contributed by atoms with E-state index in [4.69, 9.17) is 10.5 Å². The number of rotatable bonds is 3. The van der Waals surface area contributed by atoms with Crippen molar-refractivity contribution >= 4 is 17.6 Å². The fourth-order valence-electron chi connectivity index (χ4n) is 1.45. The number of ether oxygens (including phenoxy) is 1. The van der Waals surface area contributed by atoms with Crippen LogP contribution in [0.2, 0.25) is 0 Å². The van der Waals surface area contributed by atoms with Crippen LogP contribution in [0.3, 0.4) is 0 Å². The van der Waals surface area contributed by atoms with Crippen molar-refractivity contribution in [2.75, 3.05) is 19.8 Å². The van der Waals surface area contributed by atoms with E-state index in [0.717, 1.165) is 5.56 Å². The highest BCUT2D eigenvalue weighted by Crippen LogP contribution is 2.14. The third-order valence-corrected chi connectivity index (χ3v) is 2.58. The van der Waals surface area contributed by atoms with Gasteiger partial charge in [0, 0.05) is 19.8 Å². The summed E-state index contributed by atoms with van der Waals surface area (Å²) >= 11 is 0. The SMILES string of the molecule is Cc1cc(C(=O)OC(C)C(=O)N(C)C)ccc1N. The van der Waals surface area contributed by atoms with Crippen LogP contribution >= 0.6 is 0 Å². The molecule has 5 heteroatoms. The number of aryl methyl sites for hydroxylation is 1. The predicted octanol–water partition coefficient (Wildman–Crippen LogP) is 1.21. The zero-order valence-corrected chi connectivity index (χ0v) is 11.1. The molecule has 0 saturated heterocycles. The molecule has 1 aromatic rings. The number of anilines is 1. The van der Waals surface area contributed by atoms with Crippen LogP contribution < -0.4 is 5.73 Å². The molecule has 0 saturated carbocycles. The monoisotopic (exact) mass is 250 g/mol. The Morgan fingerprint density at radius 2 is 1.94 bits per heavy atom. The van der Waals surface area contributed by atoms with Gasteiger partial charge in [0.15, 0.2) is 6.10 Å². The lowest BCUT2D eigenvalue weighted by Gasteiger charge is -2.17. The maximum atomic E-state index is 11.8. The Bertz CT molecular complexity index is 469. The Hall–Kier alpha value is -2.04. The van der Waals surface area contributed by atoms with Crippen molar-refractivity contribution in [3.63, 3.8) is 0 Å². The van der Waals surface area contributed by atoms with Crippen molar-refractivity contribution in [1.82, 2.24) is 4.90 Å². The van der Waals surface area contributed by atoms with Crippen LogP contribution in [-0.2, 0) is 9.53 Å². The third kappa shape index (κ3) is 3.23. The zero-order chi connectivity index (χ0) is 13.9. The molecule has 0 aliphatic heterocycles. The van der Waals surface area contributed by atoms with E-state index >= 15 is 0 Å². The number of hydrogen-bond donors (Lipinski definition) is 1. The minimum absolute atomic E-state index is 0.254. The van der Waals surface area contributed by atoms with Crippen molar-refractivity contribution in [3.8, 4) is 0 Å². The predicted molar refractivity (Wildman–Crippen MR) is 69.2 cm³/mol. The molecule has 1 aromatic carbocycles. The molecule has 1 unspecified atom stereocenters. The second-order valence-corrected chi connectivity index (χ2v) is 4.35. The highest BCUT2D eigenvalue weighted by Gasteiger charge is 2.20. The number of nitrogen functional groups attached to an aromatic ring is 1. The Morgan fingerprint density at radius 1 is 1.33 bits per heavy atom. The normalized spacial score (nSPS) is 11.8. The third-order valence-electron chi connectivity index (χ3n) is 2.58. The summed E-state index contributed by atoms with van der Waals surface area (Å²) in [6.45, 7) is 3.35. The summed E-state index contributed by atoms with van der Waals surface area (Å²) in [7, 11) is 3.22. The number of hydrogen-bond acceptors (Lipinski definition) is 4. The van der Waals surface area contributed by atoms with Gasteiger partial charge in [-0.05, 0) is 37.6 Å². The van der Waals surface area contributed by atoms with E-state index < -0.39 is 12.1 Å². The van der Waals surface area contributed by atoms with Gasteiger partial charge in [0.1, 0.15) is 0 Å². The largest absolute Gasteiger partial charge is 0.449 e. The number of esters is 1. The molecule has 98 valence electrons. The molecule has 2 N–H and O–H groups in total. The molecule has 5 nitrogen and oxygen atoms in total. The molecular formula is C13H18N2O3. The van der Waals surface area contributed by atoms with Gasteiger partial charge in [0.05, 0.1) is 5.56 Å². The molecule has 0 aliphatic rings. The Morgan fingerprint density at radius 3 is 2.44 bits per heavy atom. The van der Waals surface area contributed by atoms with Gasteiger partial charge in [-0.1, -0.05) is 0 Å². The first-order valence-electron chi connectivity index (χ1n) is 5.61. The second-order valence-electron chi connectivity index (χ2n) is 4.35. The minimum Gasteiger partial charge on any atom is -0.449 e. The Balaban J connectivity index is 2.76. The summed E-state index contributed by atoms with van der Waals surface area (Å²) in [6, 6.07) is 4.87. The lowest BCUT2D eigenvalue weighted by atomic mass is 10.1. The summed E-state index contributed by atoms with van der Waals surface area (Å²) in [5.74, 6) is -0.781. The fraction of sp³-hybridized carbons (Fsp3) is 0.385. The average Bonchev–Trinajstić information content (AvgIpc) is 2.31. The number of nitrogens with zero attached hydrogens (tertiary/aromatic N) is 1. The molecule has 0 heterocycles. The number of amides is 1. The first kappa shape index (κ1) is 14.0. The van der Waals surface area contributed by atoms with Crippen molar-refractivity contribution in [3.05, 3.63) is 29.3 Å². The lowest BCUT2D eigenvalue weighted by molar-refractivity contribution is -0.137. The Labute approximate surface area is 107 Å². The second kappa shape index (κ2) is 5.53. The van der Waals surface area contributed by atoms with Gasteiger partial charge >= 0.3 is 5.97 Å². The molecule has 1 atom stereocenters. The van der Waals surface area contributed by atoms with Gasteiger partial charge in [-0.3, -0.25) is 4.79 Å².